The van der Waals surface area contributed by atoms with Crippen LogP contribution in [0.2, 0.25) is 0 Å². The minimum atomic E-state index is -0.314. The third-order valence-electron chi connectivity index (χ3n) is 3.51. The van der Waals surface area contributed by atoms with E-state index in [1.807, 2.05) is 43.3 Å². The largest absolute Gasteiger partial charge is 0.469 e. The van der Waals surface area contributed by atoms with Crippen molar-refractivity contribution in [3.8, 4) is 0 Å². The summed E-state index contributed by atoms with van der Waals surface area (Å²) in [5.74, 6) is 0.627. The smallest absolute Gasteiger partial charge is 0.286 e. The Labute approximate surface area is 164 Å². The molecule has 1 aromatic carbocycles. The number of hydrogen-bond acceptors (Lipinski definition) is 7. The molecule has 2 aromatic heterocycles. The van der Waals surface area contributed by atoms with Gasteiger partial charge in [-0.15, -0.1) is 10.2 Å². The summed E-state index contributed by atoms with van der Waals surface area (Å²) in [6, 6.07) is 11.2. The van der Waals surface area contributed by atoms with Gasteiger partial charge < -0.3 is 15.1 Å². The van der Waals surface area contributed by atoms with Crippen LogP contribution in [-0.2, 0) is 11.2 Å². The molecule has 0 bridgehead atoms. The second-order valence-electron chi connectivity index (χ2n) is 5.66. The summed E-state index contributed by atoms with van der Waals surface area (Å²) in [7, 11) is 0. The molecule has 2 heterocycles. The first-order valence-electron chi connectivity index (χ1n) is 8.23. The summed E-state index contributed by atoms with van der Waals surface area (Å²) < 4.78 is 5.78. The van der Waals surface area contributed by atoms with E-state index in [2.05, 4.69) is 20.8 Å². The third-order valence-corrected chi connectivity index (χ3v) is 5.57. The van der Waals surface area contributed by atoms with Gasteiger partial charge in [0, 0.05) is 18.7 Å². The van der Waals surface area contributed by atoms with Crippen molar-refractivity contribution in [1.82, 2.24) is 15.5 Å². The van der Waals surface area contributed by atoms with Crippen LogP contribution in [0.5, 0.6) is 0 Å². The van der Waals surface area contributed by atoms with Gasteiger partial charge >= 0.3 is 0 Å². The fraction of sp³-hybridized carbons (Fsp3) is 0.222. The van der Waals surface area contributed by atoms with Crippen molar-refractivity contribution >= 4 is 40.6 Å². The van der Waals surface area contributed by atoms with Crippen molar-refractivity contribution in [2.45, 2.75) is 17.7 Å². The number of aromatic nitrogens is 2. The molecule has 0 atom stereocenters. The summed E-state index contributed by atoms with van der Waals surface area (Å²) >= 11 is 2.41. The van der Waals surface area contributed by atoms with Crippen molar-refractivity contribution in [2.24, 2.45) is 0 Å². The SMILES string of the molecule is Cc1ccc(NC(=O)c2nnc(SCC(=O)NCCc3ccco3)s2)cc1. The molecule has 0 saturated carbocycles. The Hall–Kier alpha value is -2.65. The van der Waals surface area contributed by atoms with E-state index in [1.165, 1.54) is 11.8 Å². The summed E-state index contributed by atoms with van der Waals surface area (Å²) in [6.45, 7) is 2.49. The van der Waals surface area contributed by atoms with E-state index in [1.54, 1.807) is 6.26 Å². The Morgan fingerprint density at radius 3 is 2.74 bits per heavy atom. The van der Waals surface area contributed by atoms with Gasteiger partial charge in [0.15, 0.2) is 4.34 Å². The number of hydrogen-bond donors (Lipinski definition) is 2. The number of aryl methyl sites for hydroxylation is 1. The summed E-state index contributed by atoms with van der Waals surface area (Å²) in [5, 5.41) is 13.7. The van der Waals surface area contributed by atoms with Gasteiger partial charge in [-0.05, 0) is 31.2 Å². The van der Waals surface area contributed by atoms with Gasteiger partial charge in [0.1, 0.15) is 5.76 Å². The first-order valence-corrected chi connectivity index (χ1v) is 10.0. The van der Waals surface area contributed by atoms with Gasteiger partial charge in [-0.3, -0.25) is 9.59 Å². The van der Waals surface area contributed by atoms with E-state index >= 15 is 0 Å². The van der Waals surface area contributed by atoms with Crippen LogP contribution in [0.25, 0.3) is 0 Å². The fourth-order valence-electron chi connectivity index (χ4n) is 2.14. The van der Waals surface area contributed by atoms with E-state index in [9.17, 15) is 9.59 Å². The van der Waals surface area contributed by atoms with Crippen LogP contribution < -0.4 is 10.6 Å². The molecule has 2 amide bonds. The van der Waals surface area contributed by atoms with E-state index in [0.717, 1.165) is 22.7 Å². The standard InChI is InChI=1S/C18H18N4O3S2/c1-12-4-6-13(7-5-12)20-16(24)17-21-22-18(27-17)26-11-15(23)19-9-8-14-3-2-10-25-14/h2-7,10H,8-9,11H2,1H3,(H,19,23)(H,20,24). The number of thioether (sulfide) groups is 1. The highest BCUT2D eigenvalue weighted by molar-refractivity contribution is 8.01. The lowest BCUT2D eigenvalue weighted by atomic mass is 10.2. The molecule has 0 spiro atoms. The normalized spacial score (nSPS) is 10.6. The van der Waals surface area contributed by atoms with Crippen molar-refractivity contribution in [3.63, 3.8) is 0 Å². The first-order chi connectivity index (χ1) is 13.1. The summed E-state index contributed by atoms with van der Waals surface area (Å²) in [5.41, 5.74) is 1.82. The van der Waals surface area contributed by atoms with Crippen molar-refractivity contribution < 1.29 is 14.0 Å². The van der Waals surface area contributed by atoms with Gasteiger partial charge in [0.25, 0.3) is 5.91 Å². The van der Waals surface area contributed by atoms with E-state index in [0.29, 0.717) is 23.0 Å². The van der Waals surface area contributed by atoms with Crippen LogP contribution in [0.15, 0.2) is 51.4 Å². The number of amides is 2. The van der Waals surface area contributed by atoms with Crippen LogP contribution in [0.3, 0.4) is 0 Å². The van der Waals surface area contributed by atoms with Crippen molar-refractivity contribution in [2.75, 3.05) is 17.6 Å². The summed E-state index contributed by atoms with van der Waals surface area (Å²) in [6.07, 6.45) is 2.25. The number of furan rings is 1. The predicted octanol–water partition coefficient (Wildman–Crippen LogP) is 3.14. The highest BCUT2D eigenvalue weighted by Gasteiger charge is 2.14. The Kier molecular flexibility index (Phi) is 6.61. The van der Waals surface area contributed by atoms with Crippen LogP contribution in [0.1, 0.15) is 21.1 Å². The minimum Gasteiger partial charge on any atom is -0.469 e. The zero-order chi connectivity index (χ0) is 19.1. The molecule has 140 valence electrons. The Balaban J connectivity index is 1.42. The molecule has 9 heteroatoms. The second kappa shape index (κ2) is 9.33. The van der Waals surface area contributed by atoms with Gasteiger partial charge in [-0.2, -0.15) is 0 Å². The number of nitrogens with zero attached hydrogens (tertiary/aromatic N) is 2. The molecule has 7 nitrogen and oxygen atoms in total. The monoisotopic (exact) mass is 402 g/mol. The molecule has 0 aliphatic heterocycles. The zero-order valence-electron chi connectivity index (χ0n) is 14.6. The van der Waals surface area contributed by atoms with Gasteiger partial charge in [-0.25, -0.2) is 0 Å². The number of carbonyl (C=O) groups is 2. The maximum absolute atomic E-state index is 12.2. The fourth-order valence-corrected chi connectivity index (χ4v) is 3.72. The molecular formula is C18H18N4O3S2. The number of rotatable bonds is 8. The highest BCUT2D eigenvalue weighted by Crippen LogP contribution is 2.23. The first kappa shape index (κ1) is 19.1. The molecule has 2 N–H and O–H groups in total. The van der Waals surface area contributed by atoms with Crippen molar-refractivity contribution in [3.05, 3.63) is 59.0 Å². The number of anilines is 1. The van der Waals surface area contributed by atoms with E-state index in [4.69, 9.17) is 4.42 Å². The van der Waals surface area contributed by atoms with Crippen molar-refractivity contribution in [1.29, 1.82) is 0 Å². The minimum absolute atomic E-state index is 0.104. The quantitative estimate of drug-likeness (QED) is 0.562. The Morgan fingerprint density at radius 2 is 2.00 bits per heavy atom. The number of nitrogens with one attached hydrogen (secondary N) is 2. The maximum Gasteiger partial charge on any atom is 0.286 e. The highest BCUT2D eigenvalue weighted by atomic mass is 32.2. The molecule has 0 fully saturated rings. The molecule has 0 aliphatic rings. The van der Waals surface area contributed by atoms with Crippen LogP contribution in [0.4, 0.5) is 5.69 Å². The molecule has 0 saturated heterocycles. The molecule has 3 aromatic rings. The second-order valence-corrected chi connectivity index (χ2v) is 7.86. The van der Waals surface area contributed by atoms with Crippen LogP contribution in [-0.4, -0.2) is 34.3 Å². The van der Waals surface area contributed by atoms with Gasteiger partial charge in [0.2, 0.25) is 10.9 Å². The number of carbonyl (C=O) groups excluding carboxylic acids is 2. The topological polar surface area (TPSA) is 97.1 Å². The zero-order valence-corrected chi connectivity index (χ0v) is 16.2. The lowest BCUT2D eigenvalue weighted by Crippen LogP contribution is -2.27. The summed E-state index contributed by atoms with van der Waals surface area (Å²) in [4.78, 5) is 24.1. The van der Waals surface area contributed by atoms with Gasteiger partial charge in [0.05, 0.1) is 12.0 Å². The Bertz CT molecular complexity index is 892. The molecular weight excluding hydrogens is 384 g/mol. The van der Waals surface area contributed by atoms with Crippen LogP contribution in [0, 0.1) is 6.92 Å². The molecule has 27 heavy (non-hydrogen) atoms. The lowest BCUT2D eigenvalue weighted by Gasteiger charge is -2.02. The molecule has 3 rings (SSSR count). The molecule has 0 aliphatic carbocycles. The van der Waals surface area contributed by atoms with E-state index < -0.39 is 0 Å². The number of benzene rings is 1. The van der Waals surface area contributed by atoms with Gasteiger partial charge in [-0.1, -0.05) is 40.8 Å². The molecule has 0 radical (unpaired) electrons. The molecule has 0 unspecified atom stereocenters. The average molecular weight is 403 g/mol. The maximum atomic E-state index is 12.2. The average Bonchev–Trinajstić information content (AvgIpc) is 3.34. The Morgan fingerprint density at radius 1 is 1.19 bits per heavy atom. The predicted molar refractivity (Wildman–Crippen MR) is 105 cm³/mol. The van der Waals surface area contributed by atoms with Crippen LogP contribution >= 0.6 is 23.1 Å². The lowest BCUT2D eigenvalue weighted by molar-refractivity contribution is -0.118. The van der Waals surface area contributed by atoms with E-state index in [-0.39, 0.29) is 22.6 Å². The third kappa shape index (κ3) is 5.93.